The monoisotopic (exact) mass is 514 g/mol. The number of aromatic nitrogens is 1. The van der Waals surface area contributed by atoms with Crippen LogP contribution in [0, 0.1) is 17.5 Å². The van der Waals surface area contributed by atoms with Gasteiger partial charge in [0.15, 0.2) is 11.6 Å². The van der Waals surface area contributed by atoms with Gasteiger partial charge in [0.05, 0.1) is 23.9 Å². The van der Waals surface area contributed by atoms with Gasteiger partial charge in [-0.3, -0.25) is 14.0 Å². The second-order valence-electron chi connectivity index (χ2n) is 9.19. The summed E-state index contributed by atoms with van der Waals surface area (Å²) in [6, 6.07) is 10.5. The minimum absolute atomic E-state index is 0.145. The van der Waals surface area contributed by atoms with E-state index in [-0.39, 0.29) is 30.2 Å². The summed E-state index contributed by atoms with van der Waals surface area (Å²) in [5.74, 6) is -2.80. The van der Waals surface area contributed by atoms with Crippen LogP contribution in [0.4, 0.5) is 13.2 Å². The highest BCUT2D eigenvalue weighted by atomic mass is 32.2. The van der Waals surface area contributed by atoms with Crippen molar-refractivity contribution in [1.82, 2.24) is 9.88 Å². The molecule has 1 N–H and O–H groups in total. The van der Waals surface area contributed by atoms with Gasteiger partial charge in [-0.2, -0.15) is 0 Å². The molecule has 2 atom stereocenters. The quantitative estimate of drug-likeness (QED) is 0.500. The van der Waals surface area contributed by atoms with E-state index in [0.29, 0.717) is 16.8 Å². The molecule has 2 unspecified atom stereocenters. The van der Waals surface area contributed by atoms with Gasteiger partial charge in [-0.1, -0.05) is 24.3 Å². The van der Waals surface area contributed by atoms with Gasteiger partial charge < -0.3 is 10.0 Å². The van der Waals surface area contributed by atoms with Crippen molar-refractivity contribution < 1.29 is 27.3 Å². The maximum absolute atomic E-state index is 15.0. The molecule has 0 spiro atoms. The molecule has 5 nitrogen and oxygen atoms in total. The summed E-state index contributed by atoms with van der Waals surface area (Å²) in [4.78, 5) is 19.1. The average molecular weight is 515 g/mol. The number of pyridine rings is 1. The number of rotatable bonds is 7. The van der Waals surface area contributed by atoms with Gasteiger partial charge in [0.25, 0.3) is 0 Å². The van der Waals surface area contributed by atoms with Crippen LogP contribution in [0.15, 0.2) is 66.2 Å². The zero-order valence-corrected chi connectivity index (χ0v) is 20.6. The molecule has 1 aliphatic rings. The van der Waals surface area contributed by atoms with E-state index >= 15 is 0 Å². The molecule has 4 rings (SSSR count). The lowest BCUT2D eigenvalue weighted by molar-refractivity contribution is -0.132. The summed E-state index contributed by atoms with van der Waals surface area (Å²) < 4.78 is 53.8. The molecule has 1 amide bonds. The largest absolute Gasteiger partial charge is 0.384 e. The van der Waals surface area contributed by atoms with E-state index < -0.39 is 39.9 Å². The number of amides is 1. The van der Waals surface area contributed by atoms with Gasteiger partial charge in [-0.15, -0.1) is 0 Å². The Hall–Kier alpha value is -3.30. The van der Waals surface area contributed by atoms with Gasteiger partial charge >= 0.3 is 0 Å². The van der Waals surface area contributed by atoms with E-state index in [1.165, 1.54) is 28.5 Å². The van der Waals surface area contributed by atoms with Crippen LogP contribution in [0.3, 0.4) is 0 Å². The number of carbonyl (C=O) groups is 1. The molecular weight excluding hydrogens is 489 g/mol. The predicted octanol–water partition coefficient (Wildman–Crippen LogP) is 4.61. The Morgan fingerprint density at radius 3 is 2.36 bits per heavy atom. The van der Waals surface area contributed by atoms with Crippen molar-refractivity contribution in [3.05, 3.63) is 100 Å². The molecule has 9 heteroatoms. The fourth-order valence-electron chi connectivity index (χ4n) is 3.96. The average Bonchev–Trinajstić information content (AvgIpc) is 3.26. The Bertz CT molecular complexity index is 1350. The van der Waals surface area contributed by atoms with Crippen LogP contribution < -0.4 is 0 Å². The molecule has 2 aromatic carbocycles. The smallest absolute Gasteiger partial charge is 0.227 e. The van der Waals surface area contributed by atoms with Crippen molar-refractivity contribution in [1.29, 1.82) is 0 Å². The van der Waals surface area contributed by atoms with E-state index in [2.05, 4.69) is 4.98 Å². The zero-order valence-electron chi connectivity index (χ0n) is 19.7. The van der Waals surface area contributed by atoms with Gasteiger partial charge in [-0.25, -0.2) is 13.2 Å². The summed E-state index contributed by atoms with van der Waals surface area (Å²) in [5.41, 5.74) is 0.798. The standard InChI is InChI=1S/C27H25F3N2O3S/c1-27(2,34)25-11-17(7-9-31-25)15-32(21-8-10-36(35)16-21)26(33)14-20-4-3-18(12-23(20)29)19-5-6-22(28)24(30)13-19/h3-13,21,34H,14-16H2,1-2H3. The number of nitrogens with zero attached hydrogens (tertiary/aromatic N) is 2. The Balaban J connectivity index is 1.57. The molecule has 0 saturated carbocycles. The maximum atomic E-state index is 15.0. The molecule has 188 valence electrons. The highest BCUT2D eigenvalue weighted by Gasteiger charge is 2.28. The first-order valence-electron chi connectivity index (χ1n) is 11.3. The van der Waals surface area contributed by atoms with Gasteiger partial charge in [0.1, 0.15) is 11.4 Å². The van der Waals surface area contributed by atoms with E-state index in [9.17, 15) is 27.3 Å². The number of halogens is 3. The molecule has 1 aliphatic heterocycles. The first kappa shape index (κ1) is 25.8. The Kier molecular flexibility index (Phi) is 7.42. The van der Waals surface area contributed by atoms with Crippen molar-refractivity contribution >= 4 is 16.7 Å². The van der Waals surface area contributed by atoms with Crippen molar-refractivity contribution in [2.24, 2.45) is 0 Å². The predicted molar refractivity (Wildman–Crippen MR) is 131 cm³/mol. The SMILES string of the molecule is CC(C)(O)c1cc(CN(C(=O)Cc2ccc(-c3ccc(F)c(F)c3)cc2F)C2C=CS(=O)C2)ccn1. The van der Waals surface area contributed by atoms with Crippen LogP contribution in [0.2, 0.25) is 0 Å². The summed E-state index contributed by atoms with van der Waals surface area (Å²) in [5, 5.41) is 11.8. The third-order valence-corrected chi connectivity index (χ3v) is 7.09. The molecule has 1 aromatic heterocycles. The van der Waals surface area contributed by atoms with Crippen molar-refractivity contribution in [3.8, 4) is 11.1 Å². The van der Waals surface area contributed by atoms with Crippen LogP contribution in [0.25, 0.3) is 11.1 Å². The van der Waals surface area contributed by atoms with Crippen molar-refractivity contribution in [3.63, 3.8) is 0 Å². The van der Waals surface area contributed by atoms with Gasteiger partial charge in [0.2, 0.25) is 5.91 Å². The normalized spacial score (nSPS) is 17.4. The number of aliphatic hydroxyl groups is 1. The maximum Gasteiger partial charge on any atom is 0.227 e. The lowest BCUT2D eigenvalue weighted by Gasteiger charge is -2.28. The highest BCUT2D eigenvalue weighted by Crippen LogP contribution is 2.26. The van der Waals surface area contributed by atoms with Crippen LogP contribution >= 0.6 is 0 Å². The third kappa shape index (κ3) is 5.91. The summed E-state index contributed by atoms with van der Waals surface area (Å²) in [6.07, 6.45) is 3.00. The molecular formula is C27H25F3N2O3S. The van der Waals surface area contributed by atoms with Gasteiger partial charge in [-0.05, 0) is 66.4 Å². The molecule has 2 heterocycles. The highest BCUT2D eigenvalue weighted by molar-refractivity contribution is 7.88. The summed E-state index contributed by atoms with van der Waals surface area (Å²) in [6.45, 7) is 3.38. The lowest BCUT2D eigenvalue weighted by Crippen LogP contribution is -2.41. The number of hydrogen-bond donors (Lipinski definition) is 1. The van der Waals surface area contributed by atoms with E-state index in [1.54, 1.807) is 44.3 Å². The lowest BCUT2D eigenvalue weighted by atomic mass is 10.0. The van der Waals surface area contributed by atoms with E-state index in [0.717, 1.165) is 17.7 Å². The number of hydrogen-bond acceptors (Lipinski definition) is 4. The molecule has 0 bridgehead atoms. The third-order valence-electron chi connectivity index (χ3n) is 5.96. The van der Waals surface area contributed by atoms with Crippen LogP contribution in [0.1, 0.15) is 30.7 Å². The zero-order chi connectivity index (χ0) is 26.0. The Morgan fingerprint density at radius 2 is 1.75 bits per heavy atom. The topological polar surface area (TPSA) is 70.5 Å². The molecule has 0 saturated heterocycles. The Labute approximate surface area is 209 Å². The van der Waals surface area contributed by atoms with Crippen molar-refractivity contribution in [2.75, 3.05) is 5.75 Å². The Morgan fingerprint density at radius 1 is 1.06 bits per heavy atom. The molecule has 0 radical (unpaired) electrons. The van der Waals surface area contributed by atoms with Crippen molar-refractivity contribution in [2.45, 2.75) is 38.5 Å². The first-order chi connectivity index (χ1) is 17.0. The molecule has 0 fully saturated rings. The van der Waals surface area contributed by atoms with Gasteiger partial charge in [0, 0.05) is 28.9 Å². The molecule has 36 heavy (non-hydrogen) atoms. The number of benzene rings is 2. The minimum Gasteiger partial charge on any atom is -0.384 e. The summed E-state index contributed by atoms with van der Waals surface area (Å²) in [7, 11) is -1.20. The first-order valence-corrected chi connectivity index (χ1v) is 12.7. The molecule has 0 aliphatic carbocycles. The van der Waals surface area contributed by atoms with Crippen LogP contribution in [-0.4, -0.2) is 36.9 Å². The second-order valence-corrected chi connectivity index (χ2v) is 10.6. The number of carbonyl (C=O) groups excluding carboxylic acids is 1. The fourth-order valence-corrected chi connectivity index (χ4v) is 5.05. The minimum atomic E-state index is -1.20. The summed E-state index contributed by atoms with van der Waals surface area (Å²) >= 11 is 0. The van der Waals surface area contributed by atoms with Crippen LogP contribution in [0.5, 0.6) is 0 Å². The molecule has 3 aromatic rings. The second kappa shape index (κ2) is 10.4. The fraction of sp³-hybridized carbons (Fsp3) is 0.259. The van der Waals surface area contributed by atoms with E-state index in [4.69, 9.17) is 0 Å². The van der Waals surface area contributed by atoms with Crippen LogP contribution in [-0.2, 0) is 34.2 Å². The van der Waals surface area contributed by atoms with E-state index in [1.807, 2.05) is 0 Å².